The van der Waals surface area contributed by atoms with Crippen LogP contribution in [0, 0.1) is 6.92 Å². The molecule has 0 aromatic carbocycles. The van der Waals surface area contributed by atoms with Crippen LogP contribution in [-0.2, 0) is 0 Å². The van der Waals surface area contributed by atoms with Gasteiger partial charge < -0.3 is 5.21 Å². The van der Waals surface area contributed by atoms with Crippen molar-refractivity contribution in [2.75, 3.05) is 0 Å². The fourth-order valence-corrected chi connectivity index (χ4v) is 1.24. The second-order valence-electron chi connectivity index (χ2n) is 2.35. The topological polar surface area (TPSA) is 45.5 Å². The van der Waals surface area contributed by atoms with Crippen molar-refractivity contribution in [1.82, 2.24) is 4.98 Å². The van der Waals surface area contributed by atoms with Gasteiger partial charge in [0.1, 0.15) is 5.71 Å². The molecule has 3 nitrogen and oxygen atoms in total. The van der Waals surface area contributed by atoms with Gasteiger partial charge >= 0.3 is 0 Å². The summed E-state index contributed by atoms with van der Waals surface area (Å²) in [7, 11) is 0. The Bertz CT molecular complexity index is 292. The van der Waals surface area contributed by atoms with E-state index in [4.69, 9.17) is 5.21 Å². The number of rotatable bonds is 1. The van der Waals surface area contributed by atoms with E-state index >= 15 is 0 Å². The second kappa shape index (κ2) is 8.44. The Morgan fingerprint density at radius 1 is 1.71 bits per heavy atom. The van der Waals surface area contributed by atoms with Gasteiger partial charge in [0.05, 0.1) is 10.7 Å². The Labute approximate surface area is 89.8 Å². The molecular formula is C10H18N2OS. The van der Waals surface area contributed by atoms with Crippen molar-refractivity contribution in [3.05, 3.63) is 28.7 Å². The first kappa shape index (κ1) is 15.3. The molecule has 1 aromatic heterocycles. The summed E-state index contributed by atoms with van der Waals surface area (Å²) in [5, 5.41) is 14.2. The van der Waals surface area contributed by atoms with Crippen molar-refractivity contribution in [3.63, 3.8) is 0 Å². The zero-order chi connectivity index (χ0) is 10.3. The smallest absolute Gasteiger partial charge is 0.103 e. The quantitative estimate of drug-likeness (QED) is 0.337. The minimum atomic E-state index is 0. The summed E-state index contributed by atoms with van der Waals surface area (Å²) in [6.45, 7) is 8.88. The zero-order valence-corrected chi connectivity index (χ0v) is 8.93. The maximum atomic E-state index is 8.35. The van der Waals surface area contributed by atoms with Crippen molar-refractivity contribution >= 4 is 17.0 Å². The summed E-state index contributed by atoms with van der Waals surface area (Å²) in [6.07, 6.45) is 1.75. The van der Waals surface area contributed by atoms with Gasteiger partial charge in [0.15, 0.2) is 0 Å². The number of nitrogens with zero attached hydrogens (tertiary/aromatic N) is 2. The van der Waals surface area contributed by atoms with Gasteiger partial charge in [-0.15, -0.1) is 17.9 Å². The maximum absolute atomic E-state index is 8.35. The number of oxime groups is 1. The minimum absolute atomic E-state index is 0. The van der Waals surface area contributed by atoms with E-state index in [0.717, 1.165) is 10.7 Å². The summed E-state index contributed by atoms with van der Waals surface area (Å²) >= 11 is 1.55. The van der Waals surface area contributed by atoms with Gasteiger partial charge in [0.2, 0.25) is 0 Å². The third kappa shape index (κ3) is 5.48. The summed E-state index contributed by atoms with van der Waals surface area (Å²) < 4.78 is 0. The van der Waals surface area contributed by atoms with Crippen LogP contribution in [0.25, 0.3) is 0 Å². The molecule has 1 heterocycles. The lowest BCUT2D eigenvalue weighted by Crippen LogP contribution is -1.93. The van der Waals surface area contributed by atoms with Gasteiger partial charge in [0, 0.05) is 5.38 Å². The summed E-state index contributed by atoms with van der Waals surface area (Å²) in [5.41, 5.74) is 1.31. The average molecular weight is 214 g/mol. The normalized spacial score (nSPS) is 9.50. The SMILES string of the molecule is C.C/C(=N\O)c1csc(C)n1.C=CC. The minimum Gasteiger partial charge on any atom is -0.411 e. The first-order chi connectivity index (χ1) is 6.15. The molecule has 4 heteroatoms. The van der Waals surface area contributed by atoms with Gasteiger partial charge in [-0.1, -0.05) is 18.7 Å². The van der Waals surface area contributed by atoms with E-state index in [1.807, 2.05) is 19.2 Å². The van der Waals surface area contributed by atoms with E-state index in [0.29, 0.717) is 5.71 Å². The third-order valence-corrected chi connectivity index (χ3v) is 1.91. The first-order valence-corrected chi connectivity index (χ1v) is 4.71. The molecule has 1 aromatic rings. The van der Waals surface area contributed by atoms with Crippen LogP contribution >= 0.6 is 11.3 Å². The van der Waals surface area contributed by atoms with Crippen molar-refractivity contribution < 1.29 is 5.21 Å². The van der Waals surface area contributed by atoms with E-state index in [1.54, 1.807) is 24.3 Å². The van der Waals surface area contributed by atoms with Crippen molar-refractivity contribution in [3.8, 4) is 0 Å². The number of hydrogen-bond acceptors (Lipinski definition) is 4. The van der Waals surface area contributed by atoms with E-state index in [-0.39, 0.29) is 7.43 Å². The van der Waals surface area contributed by atoms with Crippen LogP contribution in [0.5, 0.6) is 0 Å². The number of aromatic nitrogens is 1. The maximum Gasteiger partial charge on any atom is 0.103 e. The van der Waals surface area contributed by atoms with E-state index in [2.05, 4.69) is 16.7 Å². The van der Waals surface area contributed by atoms with Crippen LogP contribution in [-0.4, -0.2) is 15.9 Å². The standard InChI is InChI=1S/C6H8N2OS.C3H6.CH4/c1-4(8-9)6-3-10-5(2)7-6;1-3-2;/h3,9H,1-2H3;3H,1H2,2H3;1H4/b8-4+;;. The second-order valence-corrected chi connectivity index (χ2v) is 3.41. The molecule has 0 aliphatic carbocycles. The van der Waals surface area contributed by atoms with Crippen LogP contribution in [0.1, 0.15) is 32.0 Å². The van der Waals surface area contributed by atoms with Crippen LogP contribution in [0.15, 0.2) is 23.2 Å². The highest BCUT2D eigenvalue weighted by atomic mass is 32.1. The highest BCUT2D eigenvalue weighted by molar-refractivity contribution is 7.09. The van der Waals surface area contributed by atoms with E-state index in [9.17, 15) is 0 Å². The molecule has 1 N–H and O–H groups in total. The lowest BCUT2D eigenvalue weighted by molar-refractivity contribution is 0.319. The lowest BCUT2D eigenvalue weighted by atomic mass is 10.3. The van der Waals surface area contributed by atoms with Gasteiger partial charge in [0.25, 0.3) is 0 Å². The van der Waals surface area contributed by atoms with Gasteiger partial charge in [-0.3, -0.25) is 0 Å². The molecule has 0 saturated carbocycles. The van der Waals surface area contributed by atoms with Crippen LogP contribution in [0.2, 0.25) is 0 Å². The van der Waals surface area contributed by atoms with E-state index < -0.39 is 0 Å². The van der Waals surface area contributed by atoms with Gasteiger partial charge in [-0.05, 0) is 20.8 Å². The molecule has 1 rings (SSSR count). The monoisotopic (exact) mass is 214 g/mol. The molecule has 0 spiro atoms. The van der Waals surface area contributed by atoms with Crippen molar-refractivity contribution in [1.29, 1.82) is 0 Å². The Hall–Kier alpha value is -1.16. The molecule has 0 bridgehead atoms. The molecule has 14 heavy (non-hydrogen) atoms. The Balaban J connectivity index is 0. The summed E-state index contributed by atoms with van der Waals surface area (Å²) in [4.78, 5) is 4.11. The average Bonchev–Trinajstić information content (AvgIpc) is 2.52. The lowest BCUT2D eigenvalue weighted by Gasteiger charge is -1.86. The fourth-order valence-electron chi connectivity index (χ4n) is 0.581. The number of aryl methyl sites for hydroxylation is 1. The molecule has 0 atom stereocenters. The molecule has 0 saturated heterocycles. The largest absolute Gasteiger partial charge is 0.411 e. The van der Waals surface area contributed by atoms with Gasteiger partial charge in [-0.25, -0.2) is 4.98 Å². The Morgan fingerprint density at radius 2 is 2.21 bits per heavy atom. The van der Waals surface area contributed by atoms with Crippen LogP contribution in [0.3, 0.4) is 0 Å². The predicted octanol–water partition coefficient (Wildman–Crippen LogP) is 3.48. The predicted molar refractivity (Wildman–Crippen MR) is 63.5 cm³/mol. The number of thiazole rings is 1. The Morgan fingerprint density at radius 3 is 2.50 bits per heavy atom. The van der Waals surface area contributed by atoms with Crippen LogP contribution in [0.4, 0.5) is 0 Å². The third-order valence-electron chi connectivity index (χ3n) is 1.14. The molecule has 80 valence electrons. The summed E-state index contributed by atoms with van der Waals surface area (Å²) in [6, 6.07) is 0. The first-order valence-electron chi connectivity index (χ1n) is 3.83. The van der Waals surface area contributed by atoms with Crippen molar-refractivity contribution in [2.24, 2.45) is 5.16 Å². The van der Waals surface area contributed by atoms with Gasteiger partial charge in [-0.2, -0.15) is 0 Å². The summed E-state index contributed by atoms with van der Waals surface area (Å²) in [5.74, 6) is 0. The van der Waals surface area contributed by atoms with Crippen molar-refractivity contribution in [2.45, 2.75) is 28.2 Å². The zero-order valence-electron chi connectivity index (χ0n) is 8.11. The molecular weight excluding hydrogens is 196 g/mol. The molecule has 0 amide bonds. The van der Waals surface area contributed by atoms with Crippen LogP contribution < -0.4 is 0 Å². The molecule has 0 radical (unpaired) electrons. The highest BCUT2D eigenvalue weighted by Crippen LogP contribution is 2.08. The molecule has 0 aliphatic heterocycles. The highest BCUT2D eigenvalue weighted by Gasteiger charge is 2.00. The van der Waals surface area contributed by atoms with E-state index in [1.165, 1.54) is 0 Å². The Kier molecular flexibility index (Phi) is 9.23. The number of hydrogen-bond donors (Lipinski definition) is 1. The molecule has 0 aliphatic rings. The molecule has 0 unspecified atom stereocenters. The number of allylic oxidation sites excluding steroid dienone is 1. The molecule has 0 fully saturated rings. The fraction of sp³-hybridized carbons (Fsp3) is 0.400.